The first kappa shape index (κ1) is 10.9. The molecule has 0 aromatic heterocycles. The van der Waals surface area contributed by atoms with Crippen LogP contribution in [0, 0.1) is 5.92 Å². The number of hydrogen-bond donors (Lipinski definition) is 2. The number of thiol groups is 1. The van der Waals surface area contributed by atoms with Crippen LogP contribution in [-0.2, 0) is 4.79 Å². The lowest BCUT2D eigenvalue weighted by atomic mass is 9.80. The van der Waals surface area contributed by atoms with Gasteiger partial charge in [0.15, 0.2) is 0 Å². The second-order valence-electron chi connectivity index (χ2n) is 4.06. The lowest BCUT2D eigenvalue weighted by Gasteiger charge is -2.34. The third kappa shape index (κ3) is 2.39. The number of nitrogens with one attached hydrogen (secondary N) is 1. The van der Waals surface area contributed by atoms with Crippen LogP contribution in [0.25, 0.3) is 0 Å². The van der Waals surface area contributed by atoms with Gasteiger partial charge in [0.1, 0.15) is 0 Å². The molecule has 0 spiro atoms. The van der Waals surface area contributed by atoms with E-state index in [1.54, 1.807) is 7.05 Å². The van der Waals surface area contributed by atoms with Crippen molar-refractivity contribution >= 4 is 18.5 Å². The normalized spacial score (nSPS) is 23.6. The van der Waals surface area contributed by atoms with Crippen LogP contribution in [0.3, 0.4) is 0 Å². The molecule has 0 bridgehead atoms. The summed E-state index contributed by atoms with van der Waals surface area (Å²) in [4.78, 5) is 11.5. The molecule has 1 aliphatic carbocycles. The van der Waals surface area contributed by atoms with Gasteiger partial charge >= 0.3 is 0 Å². The lowest BCUT2D eigenvalue weighted by molar-refractivity contribution is -0.124. The van der Waals surface area contributed by atoms with E-state index in [1.807, 2.05) is 6.92 Å². The summed E-state index contributed by atoms with van der Waals surface area (Å²) < 4.78 is -0.477. The number of amides is 1. The zero-order valence-corrected chi connectivity index (χ0v) is 9.36. The van der Waals surface area contributed by atoms with Crippen LogP contribution in [0.1, 0.15) is 39.0 Å². The Labute approximate surface area is 85.9 Å². The predicted molar refractivity (Wildman–Crippen MR) is 58.0 cm³/mol. The molecule has 1 rings (SSSR count). The highest BCUT2D eigenvalue weighted by Gasteiger charge is 2.37. The topological polar surface area (TPSA) is 29.1 Å². The van der Waals surface area contributed by atoms with Gasteiger partial charge in [-0.05, 0) is 25.7 Å². The molecule has 0 aromatic carbocycles. The van der Waals surface area contributed by atoms with Gasteiger partial charge in [0.05, 0.1) is 4.75 Å². The Balaban J connectivity index is 2.60. The zero-order valence-electron chi connectivity index (χ0n) is 8.47. The van der Waals surface area contributed by atoms with Crippen molar-refractivity contribution in [3.8, 4) is 0 Å². The summed E-state index contributed by atoms with van der Waals surface area (Å²) in [5.74, 6) is 0.507. The summed E-state index contributed by atoms with van der Waals surface area (Å²) in [5.41, 5.74) is 0. The standard InChI is InChI=1S/C10H19NOS/c1-10(13,9(12)11-2)8-6-4-3-5-7-8/h8,13H,3-7H2,1-2H3,(H,11,12)/t10-/m0/s1. The quantitative estimate of drug-likeness (QED) is 0.657. The van der Waals surface area contributed by atoms with Gasteiger partial charge in [-0.25, -0.2) is 0 Å². The minimum absolute atomic E-state index is 0.0581. The summed E-state index contributed by atoms with van der Waals surface area (Å²) in [6.07, 6.45) is 6.10. The molecule has 1 amide bonds. The first-order chi connectivity index (χ1) is 6.09. The minimum Gasteiger partial charge on any atom is -0.358 e. The maximum Gasteiger partial charge on any atom is 0.235 e. The Morgan fingerprint density at radius 3 is 2.38 bits per heavy atom. The van der Waals surface area contributed by atoms with E-state index in [9.17, 15) is 4.79 Å². The van der Waals surface area contributed by atoms with E-state index in [0.717, 1.165) is 12.8 Å². The predicted octanol–water partition coefficient (Wildman–Crippen LogP) is 2.00. The first-order valence-corrected chi connectivity index (χ1v) is 5.48. The van der Waals surface area contributed by atoms with Crippen LogP contribution in [0.15, 0.2) is 0 Å². The Morgan fingerprint density at radius 1 is 1.38 bits per heavy atom. The van der Waals surface area contributed by atoms with Crippen LogP contribution < -0.4 is 5.32 Å². The second-order valence-corrected chi connectivity index (χ2v) is 4.99. The third-order valence-corrected chi connectivity index (χ3v) is 3.66. The molecule has 1 atom stereocenters. The van der Waals surface area contributed by atoms with Crippen molar-refractivity contribution < 1.29 is 4.79 Å². The van der Waals surface area contributed by atoms with E-state index in [-0.39, 0.29) is 5.91 Å². The van der Waals surface area contributed by atoms with E-state index < -0.39 is 4.75 Å². The molecule has 0 radical (unpaired) electrons. The van der Waals surface area contributed by atoms with Crippen molar-refractivity contribution in [1.29, 1.82) is 0 Å². The molecule has 3 heteroatoms. The average Bonchev–Trinajstić information content (AvgIpc) is 2.18. The summed E-state index contributed by atoms with van der Waals surface area (Å²) >= 11 is 4.49. The van der Waals surface area contributed by atoms with E-state index >= 15 is 0 Å². The summed E-state index contributed by atoms with van der Waals surface area (Å²) in [5, 5.41) is 2.69. The lowest BCUT2D eigenvalue weighted by Crippen LogP contribution is -2.45. The molecule has 1 aliphatic rings. The van der Waals surface area contributed by atoms with Crippen LogP contribution in [0.4, 0.5) is 0 Å². The summed E-state index contributed by atoms with van der Waals surface area (Å²) in [7, 11) is 1.68. The maximum atomic E-state index is 11.5. The van der Waals surface area contributed by atoms with Crippen LogP contribution in [-0.4, -0.2) is 17.7 Å². The average molecular weight is 201 g/mol. The van der Waals surface area contributed by atoms with Crippen molar-refractivity contribution in [3.05, 3.63) is 0 Å². The Bertz CT molecular complexity index is 185. The van der Waals surface area contributed by atoms with E-state index in [2.05, 4.69) is 17.9 Å². The minimum atomic E-state index is -0.477. The Hall–Kier alpha value is -0.180. The Morgan fingerprint density at radius 2 is 1.92 bits per heavy atom. The van der Waals surface area contributed by atoms with Gasteiger partial charge in [-0.15, -0.1) is 0 Å². The molecule has 1 N–H and O–H groups in total. The molecule has 0 heterocycles. The van der Waals surface area contributed by atoms with Crippen molar-refractivity contribution in [2.75, 3.05) is 7.05 Å². The summed E-state index contributed by atoms with van der Waals surface area (Å²) in [6, 6.07) is 0. The van der Waals surface area contributed by atoms with Gasteiger partial charge in [0.25, 0.3) is 0 Å². The van der Waals surface area contributed by atoms with Crippen LogP contribution in [0.5, 0.6) is 0 Å². The van der Waals surface area contributed by atoms with E-state index in [1.165, 1.54) is 19.3 Å². The van der Waals surface area contributed by atoms with Gasteiger partial charge in [-0.1, -0.05) is 19.3 Å². The van der Waals surface area contributed by atoms with Crippen molar-refractivity contribution in [3.63, 3.8) is 0 Å². The Kier molecular flexibility index (Phi) is 3.65. The van der Waals surface area contributed by atoms with Crippen molar-refractivity contribution in [1.82, 2.24) is 5.32 Å². The van der Waals surface area contributed by atoms with Crippen molar-refractivity contribution in [2.24, 2.45) is 5.92 Å². The molecule has 0 unspecified atom stereocenters. The molecule has 1 saturated carbocycles. The number of rotatable bonds is 2. The SMILES string of the molecule is CNC(=O)[C@@](C)(S)C1CCCCC1. The highest BCUT2D eigenvalue weighted by molar-refractivity contribution is 7.82. The number of hydrogen-bond acceptors (Lipinski definition) is 2. The third-order valence-electron chi connectivity index (χ3n) is 3.09. The molecule has 2 nitrogen and oxygen atoms in total. The zero-order chi connectivity index (χ0) is 9.90. The van der Waals surface area contributed by atoms with Crippen LogP contribution >= 0.6 is 12.6 Å². The largest absolute Gasteiger partial charge is 0.358 e. The highest BCUT2D eigenvalue weighted by atomic mass is 32.1. The first-order valence-electron chi connectivity index (χ1n) is 5.03. The summed E-state index contributed by atoms with van der Waals surface area (Å²) in [6.45, 7) is 1.94. The molecule has 13 heavy (non-hydrogen) atoms. The van der Waals surface area contributed by atoms with E-state index in [0.29, 0.717) is 5.92 Å². The smallest absolute Gasteiger partial charge is 0.235 e. The second kappa shape index (κ2) is 4.36. The molecule has 1 fully saturated rings. The van der Waals surface area contributed by atoms with Gasteiger partial charge in [-0.2, -0.15) is 12.6 Å². The highest BCUT2D eigenvalue weighted by Crippen LogP contribution is 2.36. The fraction of sp³-hybridized carbons (Fsp3) is 0.900. The molecular formula is C10H19NOS. The molecule has 0 saturated heterocycles. The van der Waals surface area contributed by atoms with Gasteiger partial charge in [0, 0.05) is 7.05 Å². The van der Waals surface area contributed by atoms with Crippen LogP contribution in [0.2, 0.25) is 0 Å². The number of carbonyl (C=O) groups is 1. The number of carbonyl (C=O) groups excluding carboxylic acids is 1. The molecule has 0 aromatic rings. The fourth-order valence-electron chi connectivity index (χ4n) is 2.10. The van der Waals surface area contributed by atoms with E-state index in [4.69, 9.17) is 0 Å². The van der Waals surface area contributed by atoms with Crippen molar-refractivity contribution in [2.45, 2.75) is 43.8 Å². The van der Waals surface area contributed by atoms with Gasteiger partial charge in [0.2, 0.25) is 5.91 Å². The maximum absolute atomic E-state index is 11.5. The van der Waals surface area contributed by atoms with Gasteiger partial charge < -0.3 is 5.32 Å². The monoisotopic (exact) mass is 201 g/mol. The molecular weight excluding hydrogens is 182 g/mol. The molecule has 76 valence electrons. The molecule has 0 aliphatic heterocycles. The van der Waals surface area contributed by atoms with Gasteiger partial charge in [-0.3, -0.25) is 4.79 Å². The fourth-order valence-corrected chi connectivity index (χ4v) is 2.47.